The van der Waals surface area contributed by atoms with Gasteiger partial charge in [0, 0.05) is 25.4 Å². The maximum absolute atomic E-state index is 11.3. The quantitative estimate of drug-likeness (QED) is 0.593. The summed E-state index contributed by atoms with van der Waals surface area (Å²) in [5, 5.41) is 2.97. The van der Waals surface area contributed by atoms with E-state index in [0.717, 1.165) is 13.0 Å². The Balaban J connectivity index is 0.000000980. The van der Waals surface area contributed by atoms with Gasteiger partial charge in [-0.2, -0.15) is 0 Å². The summed E-state index contributed by atoms with van der Waals surface area (Å²) in [6, 6.07) is 0. The number of likely N-dealkylation sites (tertiary alicyclic amines) is 1. The summed E-state index contributed by atoms with van der Waals surface area (Å²) < 4.78 is 0. The number of hydrogen-bond donors (Lipinski definition) is 1. The molecule has 0 spiro atoms. The van der Waals surface area contributed by atoms with Crippen LogP contribution in [0.1, 0.15) is 14.3 Å². The molecule has 0 aliphatic carbocycles. The summed E-state index contributed by atoms with van der Waals surface area (Å²) in [6.45, 7) is 0.770. The molecule has 2 aliphatic rings. The van der Waals surface area contributed by atoms with Crippen molar-refractivity contribution in [2.24, 2.45) is 4.99 Å². The fraction of sp³-hybridized carbons (Fsp3) is 0.333. The maximum atomic E-state index is 11.3. The van der Waals surface area contributed by atoms with E-state index in [1.54, 1.807) is 17.3 Å². The highest BCUT2D eigenvalue weighted by atomic mass is 16.2. The molecule has 68 valence electrons. The summed E-state index contributed by atoms with van der Waals surface area (Å²) in [6.07, 6.45) is 8.67. The third-order valence-corrected chi connectivity index (χ3v) is 2.03. The molecule has 2 aliphatic heterocycles. The second-order valence-electron chi connectivity index (χ2n) is 2.95. The average molecular weight is 178 g/mol. The van der Waals surface area contributed by atoms with Gasteiger partial charge in [-0.05, 0) is 18.6 Å². The van der Waals surface area contributed by atoms with Crippen molar-refractivity contribution >= 4 is 11.9 Å². The number of amides is 1. The number of carbonyl (C=O) groups is 1. The number of guanidine groups is 1. The molecule has 4 nitrogen and oxygen atoms in total. The molecule has 0 aromatic rings. The zero-order valence-corrected chi connectivity index (χ0v) is 7.23. The fourth-order valence-electron chi connectivity index (χ4n) is 1.40. The van der Waals surface area contributed by atoms with Gasteiger partial charge in [0.25, 0.3) is 0 Å². The fourth-order valence-corrected chi connectivity index (χ4v) is 1.40. The van der Waals surface area contributed by atoms with Crippen molar-refractivity contribution in [3.63, 3.8) is 0 Å². The number of hydrogen-bond acceptors (Lipinski definition) is 3. The van der Waals surface area contributed by atoms with Crippen molar-refractivity contribution in [1.82, 2.24) is 10.2 Å². The molecule has 13 heavy (non-hydrogen) atoms. The lowest BCUT2D eigenvalue weighted by Gasteiger charge is -2.16. The number of nitrogens with zero attached hydrogens (tertiary/aromatic N) is 2. The van der Waals surface area contributed by atoms with Gasteiger partial charge < -0.3 is 5.32 Å². The Morgan fingerprint density at radius 1 is 1.54 bits per heavy atom. The Labute approximate surface area is 78.1 Å². The second-order valence-corrected chi connectivity index (χ2v) is 2.95. The molecular formula is C9H12N3O+. The van der Waals surface area contributed by atoms with Gasteiger partial charge in [0.1, 0.15) is 0 Å². The number of nitrogens with one attached hydrogen (secondary N) is 1. The van der Waals surface area contributed by atoms with Gasteiger partial charge in [-0.1, -0.05) is 0 Å². The van der Waals surface area contributed by atoms with Crippen LogP contribution in [0.3, 0.4) is 0 Å². The zero-order chi connectivity index (χ0) is 9.10. The molecule has 1 N–H and O–H groups in total. The van der Waals surface area contributed by atoms with Gasteiger partial charge in [0.2, 0.25) is 11.9 Å². The lowest BCUT2D eigenvalue weighted by molar-refractivity contribution is -0.124. The smallest absolute Gasteiger partial charge is 0.332 e. The molecule has 4 heteroatoms. The maximum Gasteiger partial charge on any atom is 1.00 e. The van der Waals surface area contributed by atoms with Gasteiger partial charge in [-0.3, -0.25) is 9.69 Å². The topological polar surface area (TPSA) is 44.7 Å². The summed E-state index contributed by atoms with van der Waals surface area (Å²) in [5.74, 6) is 0.780. The molecule has 1 fully saturated rings. The van der Waals surface area contributed by atoms with Gasteiger partial charge in [0.15, 0.2) is 0 Å². The minimum absolute atomic E-state index is 0. The number of aliphatic imine (C=N–C) groups is 1. The first-order chi connectivity index (χ1) is 6.38. The second kappa shape index (κ2) is 3.43. The van der Waals surface area contributed by atoms with Gasteiger partial charge in [0.05, 0.1) is 0 Å². The Morgan fingerprint density at radius 3 is 3.23 bits per heavy atom. The third-order valence-electron chi connectivity index (χ3n) is 2.03. The molecule has 1 amide bonds. The molecule has 2 rings (SSSR count). The van der Waals surface area contributed by atoms with Crippen LogP contribution < -0.4 is 5.32 Å². The number of carbonyl (C=O) groups excluding carboxylic acids is 1. The molecular weight excluding hydrogens is 166 g/mol. The van der Waals surface area contributed by atoms with Crippen molar-refractivity contribution in [2.75, 3.05) is 6.54 Å². The Morgan fingerprint density at radius 2 is 2.46 bits per heavy atom. The molecule has 0 radical (unpaired) electrons. The first kappa shape index (κ1) is 8.04. The minimum Gasteiger partial charge on any atom is -0.332 e. The predicted molar refractivity (Wildman–Crippen MR) is 50.9 cm³/mol. The minimum atomic E-state index is 0. The van der Waals surface area contributed by atoms with Crippen molar-refractivity contribution in [3.8, 4) is 0 Å². The summed E-state index contributed by atoms with van der Waals surface area (Å²) in [4.78, 5) is 17.1. The van der Waals surface area contributed by atoms with E-state index < -0.39 is 0 Å². The van der Waals surface area contributed by atoms with Crippen LogP contribution in [0.15, 0.2) is 29.5 Å². The molecule has 0 saturated carbocycles. The van der Waals surface area contributed by atoms with Crippen LogP contribution in [0.2, 0.25) is 0 Å². The van der Waals surface area contributed by atoms with Gasteiger partial charge in [-0.15, -0.1) is 0 Å². The van der Waals surface area contributed by atoms with E-state index in [9.17, 15) is 4.79 Å². The Bertz CT molecular complexity index is 309. The normalized spacial score (nSPS) is 21.4. The summed E-state index contributed by atoms with van der Waals surface area (Å²) >= 11 is 0. The highest BCUT2D eigenvalue weighted by Crippen LogP contribution is 2.10. The zero-order valence-electron chi connectivity index (χ0n) is 8.23. The van der Waals surface area contributed by atoms with E-state index in [4.69, 9.17) is 0 Å². The first-order valence-corrected chi connectivity index (χ1v) is 4.34. The van der Waals surface area contributed by atoms with E-state index >= 15 is 0 Å². The van der Waals surface area contributed by atoms with Crippen LogP contribution in [0, 0.1) is 0 Å². The van der Waals surface area contributed by atoms with Gasteiger partial charge >= 0.3 is 1.43 Å². The lowest BCUT2D eigenvalue weighted by Crippen LogP contribution is -2.39. The van der Waals surface area contributed by atoms with E-state index in [1.807, 2.05) is 12.2 Å². The molecule has 0 atom stereocenters. The van der Waals surface area contributed by atoms with Crippen molar-refractivity contribution in [3.05, 3.63) is 24.6 Å². The molecule has 1 saturated heterocycles. The van der Waals surface area contributed by atoms with Crippen LogP contribution in [-0.4, -0.2) is 23.3 Å². The molecule has 0 aromatic heterocycles. The average Bonchev–Trinajstić information content (AvgIpc) is 2.43. The first-order valence-electron chi connectivity index (χ1n) is 4.34. The molecule has 0 bridgehead atoms. The van der Waals surface area contributed by atoms with Crippen LogP contribution in [-0.2, 0) is 4.79 Å². The Kier molecular flexibility index (Phi) is 2.12. The highest BCUT2D eigenvalue weighted by molar-refractivity contribution is 5.99. The predicted octanol–water partition coefficient (Wildman–Crippen LogP) is 0.708. The molecule has 2 heterocycles. The van der Waals surface area contributed by atoms with E-state index in [1.165, 1.54) is 0 Å². The van der Waals surface area contributed by atoms with Crippen molar-refractivity contribution < 1.29 is 6.22 Å². The SMILES string of the molecule is O=C1CCCN1C1=NC=CC=CN1.[H+]. The van der Waals surface area contributed by atoms with Crippen LogP contribution in [0.25, 0.3) is 0 Å². The van der Waals surface area contributed by atoms with Crippen LogP contribution in [0.4, 0.5) is 0 Å². The van der Waals surface area contributed by atoms with E-state index in [0.29, 0.717) is 12.4 Å². The number of rotatable bonds is 0. The van der Waals surface area contributed by atoms with Crippen LogP contribution >= 0.6 is 0 Å². The molecule has 0 unspecified atom stereocenters. The Hall–Kier alpha value is -1.58. The standard InChI is InChI=1S/C9H11N3O/c13-8-4-3-7-12(8)9-10-5-1-2-6-11-9/h1-2,5-6H,3-4,7H2,(H,10,11)/p+1. The lowest BCUT2D eigenvalue weighted by atomic mass is 10.4. The van der Waals surface area contributed by atoms with Crippen molar-refractivity contribution in [2.45, 2.75) is 12.8 Å². The number of allylic oxidation sites excluding steroid dienone is 2. The summed E-state index contributed by atoms with van der Waals surface area (Å²) in [7, 11) is 0. The summed E-state index contributed by atoms with van der Waals surface area (Å²) in [5.41, 5.74) is 0. The molecule has 0 aromatic carbocycles. The highest BCUT2D eigenvalue weighted by Gasteiger charge is 2.24. The largest absolute Gasteiger partial charge is 1.00 e. The van der Waals surface area contributed by atoms with Crippen LogP contribution in [0.5, 0.6) is 0 Å². The third kappa shape index (κ3) is 1.61. The van der Waals surface area contributed by atoms with Gasteiger partial charge in [-0.25, -0.2) is 4.99 Å². The van der Waals surface area contributed by atoms with E-state index in [2.05, 4.69) is 10.3 Å². The monoisotopic (exact) mass is 178 g/mol. The van der Waals surface area contributed by atoms with Crippen molar-refractivity contribution in [1.29, 1.82) is 0 Å². The van der Waals surface area contributed by atoms with E-state index in [-0.39, 0.29) is 7.33 Å².